The van der Waals surface area contributed by atoms with Crippen molar-refractivity contribution in [3.63, 3.8) is 0 Å². The monoisotopic (exact) mass is 863 g/mol. The lowest BCUT2D eigenvalue weighted by molar-refractivity contribution is -0.143. The molecule has 15 heteroatoms. The highest BCUT2D eigenvalue weighted by molar-refractivity contribution is 6.00. The minimum Gasteiger partial charge on any atom is -0.492 e. The molecule has 63 heavy (non-hydrogen) atoms. The van der Waals surface area contributed by atoms with E-state index in [1.807, 2.05) is 18.2 Å². The Morgan fingerprint density at radius 2 is 1.49 bits per heavy atom. The van der Waals surface area contributed by atoms with E-state index in [0.717, 1.165) is 30.4 Å². The van der Waals surface area contributed by atoms with Gasteiger partial charge in [0.2, 0.25) is 17.7 Å². The molecule has 0 spiro atoms. The number of carboxylic acid groups (broad SMARTS) is 1. The van der Waals surface area contributed by atoms with Gasteiger partial charge >= 0.3 is 5.97 Å². The first-order valence-corrected chi connectivity index (χ1v) is 21.6. The number of aryl methyl sites for hydroxylation is 1. The Bertz CT molecular complexity index is 2220. The Labute approximate surface area is 369 Å². The minimum atomic E-state index is -1.36. The van der Waals surface area contributed by atoms with Gasteiger partial charge in [0, 0.05) is 43.2 Å². The summed E-state index contributed by atoms with van der Waals surface area (Å²) in [6.07, 6.45) is 4.42. The van der Waals surface area contributed by atoms with Crippen molar-refractivity contribution in [1.29, 1.82) is 0 Å². The Hall–Kier alpha value is -6.29. The largest absolute Gasteiger partial charge is 0.492 e. The number of hydrogen-bond donors (Lipinski definition) is 7. The average molecular weight is 864 g/mol. The van der Waals surface area contributed by atoms with Crippen LogP contribution in [0.15, 0.2) is 84.9 Å². The van der Waals surface area contributed by atoms with Gasteiger partial charge in [-0.2, -0.15) is 0 Å². The van der Waals surface area contributed by atoms with E-state index in [2.05, 4.69) is 35.0 Å². The first-order chi connectivity index (χ1) is 30.4. The number of nitrogens with zero attached hydrogens (tertiary/aromatic N) is 1. The quantitative estimate of drug-likeness (QED) is 0.0663. The molecule has 4 amide bonds. The zero-order valence-corrected chi connectivity index (χ0v) is 36.4. The summed E-state index contributed by atoms with van der Waals surface area (Å²) in [4.78, 5) is 70.5. The van der Waals surface area contributed by atoms with Gasteiger partial charge in [-0.15, -0.1) is 0 Å². The highest BCUT2D eigenvalue weighted by Crippen LogP contribution is 2.40. The molecule has 1 aliphatic rings. The minimum absolute atomic E-state index is 0.0851. The van der Waals surface area contributed by atoms with E-state index in [1.54, 1.807) is 54.6 Å². The molecule has 0 fully saturated rings. The van der Waals surface area contributed by atoms with Crippen LogP contribution in [0.3, 0.4) is 0 Å². The average Bonchev–Trinajstić information content (AvgIpc) is 3.28. The Kier molecular flexibility index (Phi) is 17.6. The van der Waals surface area contributed by atoms with E-state index in [4.69, 9.17) is 26.7 Å². The van der Waals surface area contributed by atoms with Crippen LogP contribution in [0, 0.1) is 0 Å². The third-order valence-electron chi connectivity index (χ3n) is 11.0. The van der Waals surface area contributed by atoms with Crippen molar-refractivity contribution in [2.24, 2.45) is 17.2 Å². The summed E-state index contributed by atoms with van der Waals surface area (Å²) >= 11 is 0. The van der Waals surface area contributed by atoms with Crippen molar-refractivity contribution >= 4 is 29.6 Å². The van der Waals surface area contributed by atoms with Gasteiger partial charge in [-0.25, -0.2) is 4.79 Å². The van der Waals surface area contributed by atoms with Gasteiger partial charge < -0.3 is 52.6 Å². The molecule has 15 nitrogen and oxygen atoms in total. The maximum Gasteiger partial charge on any atom is 0.326 e. The molecule has 4 unspecified atom stereocenters. The Morgan fingerprint density at radius 1 is 0.810 bits per heavy atom. The van der Waals surface area contributed by atoms with Gasteiger partial charge in [0.1, 0.15) is 48.9 Å². The second kappa shape index (κ2) is 23.2. The van der Waals surface area contributed by atoms with Crippen LogP contribution in [0.5, 0.6) is 11.5 Å². The molecule has 0 saturated heterocycles. The van der Waals surface area contributed by atoms with E-state index < -0.39 is 53.8 Å². The standard InChI is InChI=1S/C48H61N7O8/c1-4-5-9-31-13-16-33(17-14-31)34-10-8-11-36(28-34)45(57)53-39(12-6-7-21-49)47(59)55(3)43-35-18-20-42(63-25-23-51)38(29-35)37-26-32(15-19-41(37)62-24-22-50)27-40(48(60)61)54-44(56)30(2)52-46(43)58/h8,10-11,13-20,26,28-30,39-40,43H,4-7,9,12,21-25,27,49-51H2,1-3H3,(H,52,58)(H,53,57)(H,54,56)(H,60,61). The molecule has 4 aromatic rings. The maximum atomic E-state index is 14.8. The number of amides is 4. The molecule has 4 bridgehead atoms. The molecule has 10 N–H and O–H groups in total. The van der Waals surface area contributed by atoms with Crippen molar-refractivity contribution in [3.05, 3.63) is 107 Å². The fourth-order valence-corrected chi connectivity index (χ4v) is 7.52. The number of carbonyl (C=O) groups excluding carboxylic acids is 4. The number of hydrogen-bond acceptors (Lipinski definition) is 10. The highest BCUT2D eigenvalue weighted by atomic mass is 16.5. The number of likely N-dealkylation sites (N-methyl/N-ethyl adjacent to an activating group) is 1. The van der Waals surface area contributed by atoms with Crippen LogP contribution in [-0.2, 0) is 32.0 Å². The summed E-state index contributed by atoms with van der Waals surface area (Å²) in [7, 11) is 1.46. The number of carboxylic acids is 1. The summed E-state index contributed by atoms with van der Waals surface area (Å²) < 4.78 is 12.1. The molecule has 0 saturated carbocycles. The molecule has 4 aromatic carbocycles. The SMILES string of the molecule is CCCCc1ccc(-c2cccc(C(=O)NC(CCCCN)C(=O)N(C)C3C(=O)NC(C)C(=O)NC(C(=O)O)Cc4ccc(OCCN)c(c4)-c4cc3ccc4OCCN)c2)cc1. The molecule has 1 aliphatic heterocycles. The van der Waals surface area contributed by atoms with Crippen molar-refractivity contribution in [2.75, 3.05) is 39.9 Å². The molecule has 0 aliphatic carbocycles. The van der Waals surface area contributed by atoms with Crippen LogP contribution < -0.4 is 42.6 Å². The highest BCUT2D eigenvalue weighted by Gasteiger charge is 2.36. The number of nitrogens with two attached hydrogens (primary N) is 3. The van der Waals surface area contributed by atoms with Crippen molar-refractivity contribution in [3.8, 4) is 33.8 Å². The summed E-state index contributed by atoms with van der Waals surface area (Å²) in [5, 5.41) is 18.3. The lowest BCUT2D eigenvalue weighted by Gasteiger charge is -2.32. The predicted octanol–water partition coefficient (Wildman–Crippen LogP) is 4.10. The van der Waals surface area contributed by atoms with E-state index in [1.165, 1.54) is 24.4 Å². The van der Waals surface area contributed by atoms with Gasteiger partial charge in [0.15, 0.2) is 0 Å². The molecule has 5 rings (SSSR count). The van der Waals surface area contributed by atoms with Gasteiger partial charge in [-0.05, 0) is 110 Å². The van der Waals surface area contributed by atoms with Gasteiger partial charge in [0.25, 0.3) is 5.91 Å². The number of benzene rings is 4. The number of ether oxygens (including phenoxy) is 2. The van der Waals surface area contributed by atoms with Gasteiger partial charge in [-0.1, -0.05) is 61.9 Å². The number of aliphatic carboxylic acids is 1. The second-order valence-corrected chi connectivity index (χ2v) is 15.7. The lowest BCUT2D eigenvalue weighted by atomic mass is 9.93. The summed E-state index contributed by atoms with van der Waals surface area (Å²) in [6, 6.07) is 20.6. The molecule has 0 radical (unpaired) electrons. The molecular formula is C48H61N7O8. The second-order valence-electron chi connectivity index (χ2n) is 15.7. The normalized spacial score (nSPS) is 16.8. The summed E-state index contributed by atoms with van der Waals surface area (Å²) in [5.41, 5.74) is 22.7. The van der Waals surface area contributed by atoms with Crippen LogP contribution in [-0.4, -0.2) is 97.6 Å². The molecule has 1 heterocycles. The van der Waals surface area contributed by atoms with E-state index in [9.17, 15) is 29.1 Å². The Balaban J connectivity index is 1.56. The first kappa shape index (κ1) is 47.8. The number of unbranched alkanes of at least 4 members (excludes halogenated alkanes) is 2. The predicted molar refractivity (Wildman–Crippen MR) is 242 cm³/mol. The van der Waals surface area contributed by atoms with E-state index in [-0.39, 0.29) is 39.1 Å². The molecule has 0 aromatic heterocycles. The third kappa shape index (κ3) is 12.7. The van der Waals surface area contributed by atoms with Crippen LogP contribution >= 0.6 is 0 Å². The molecule has 336 valence electrons. The molecular weight excluding hydrogens is 803 g/mol. The van der Waals surface area contributed by atoms with Crippen molar-refractivity contribution < 1.29 is 38.6 Å². The van der Waals surface area contributed by atoms with Crippen molar-refractivity contribution in [2.45, 2.75) is 83.0 Å². The van der Waals surface area contributed by atoms with Crippen molar-refractivity contribution in [1.82, 2.24) is 20.9 Å². The van der Waals surface area contributed by atoms with Gasteiger partial charge in [0.05, 0.1) is 0 Å². The number of fused-ring (bicyclic) bond motifs is 5. The fraction of sp³-hybridized carbons (Fsp3) is 0.396. The summed E-state index contributed by atoms with van der Waals surface area (Å²) in [6.45, 7) is 4.68. The molecule has 4 atom stereocenters. The lowest BCUT2D eigenvalue weighted by Crippen LogP contribution is -2.54. The van der Waals surface area contributed by atoms with Crippen LogP contribution in [0.1, 0.15) is 79.0 Å². The third-order valence-corrected chi connectivity index (χ3v) is 11.0. The maximum absolute atomic E-state index is 14.8. The number of rotatable bonds is 19. The van der Waals surface area contributed by atoms with Gasteiger partial charge in [-0.3, -0.25) is 19.2 Å². The number of nitrogens with one attached hydrogen (secondary N) is 3. The summed E-state index contributed by atoms with van der Waals surface area (Å²) in [5.74, 6) is -3.00. The topological polar surface area (TPSA) is 241 Å². The zero-order valence-electron chi connectivity index (χ0n) is 36.4. The van der Waals surface area contributed by atoms with E-state index >= 15 is 0 Å². The fourth-order valence-electron chi connectivity index (χ4n) is 7.52. The van der Waals surface area contributed by atoms with Crippen LogP contribution in [0.25, 0.3) is 22.3 Å². The number of carbonyl (C=O) groups is 5. The Morgan fingerprint density at radius 3 is 2.14 bits per heavy atom. The van der Waals surface area contributed by atoms with Crippen LogP contribution in [0.2, 0.25) is 0 Å². The van der Waals surface area contributed by atoms with Crippen LogP contribution in [0.4, 0.5) is 0 Å². The zero-order chi connectivity index (χ0) is 45.5. The smallest absolute Gasteiger partial charge is 0.326 e. The van der Waals surface area contributed by atoms with E-state index in [0.29, 0.717) is 58.7 Å². The first-order valence-electron chi connectivity index (χ1n) is 21.6.